The van der Waals surface area contributed by atoms with Crippen LogP contribution in [0.2, 0.25) is 18.1 Å². The van der Waals surface area contributed by atoms with Gasteiger partial charge in [-0.1, -0.05) is 99.8 Å². The van der Waals surface area contributed by atoms with Gasteiger partial charge in [-0.3, -0.25) is 0 Å². The Bertz CT molecular complexity index is 676. The first kappa shape index (κ1) is 21.9. The van der Waals surface area contributed by atoms with Crippen molar-refractivity contribution >= 4 is 8.80 Å². The Morgan fingerprint density at radius 1 is 0.633 bits per heavy atom. The SMILES string of the molecule is CCCC1CCC(c2ccc(-c3ccc(C4CC[Si](CCC)CC4)cc3)cc2)CC1. The van der Waals surface area contributed by atoms with Crippen molar-refractivity contribution in [2.45, 2.75) is 102 Å². The van der Waals surface area contributed by atoms with Gasteiger partial charge in [0.05, 0.1) is 0 Å². The van der Waals surface area contributed by atoms with Crippen molar-refractivity contribution in [1.29, 1.82) is 0 Å². The van der Waals surface area contributed by atoms with E-state index in [0.29, 0.717) is 0 Å². The maximum Gasteiger partial charge on any atom is 0.0479 e. The molecule has 0 aromatic heterocycles. The van der Waals surface area contributed by atoms with Gasteiger partial charge in [0.25, 0.3) is 0 Å². The summed E-state index contributed by atoms with van der Waals surface area (Å²) in [5.74, 6) is 2.60. The zero-order chi connectivity index (χ0) is 20.8. The summed E-state index contributed by atoms with van der Waals surface area (Å²) in [6.07, 6.45) is 12.7. The molecule has 0 bridgehead atoms. The highest BCUT2D eigenvalue weighted by atomic mass is 28.3. The summed E-state index contributed by atoms with van der Waals surface area (Å²) in [5.41, 5.74) is 5.90. The second kappa shape index (κ2) is 10.8. The van der Waals surface area contributed by atoms with Crippen molar-refractivity contribution in [2.75, 3.05) is 0 Å². The smallest absolute Gasteiger partial charge is 0.0479 e. The monoisotopic (exact) mass is 417 g/mol. The molecule has 1 saturated heterocycles. The predicted molar refractivity (Wildman–Crippen MR) is 134 cm³/mol. The molecule has 1 saturated carbocycles. The maximum atomic E-state index is 2.42. The highest BCUT2D eigenvalue weighted by Gasteiger charge is 2.23. The molecule has 0 unspecified atom stereocenters. The van der Waals surface area contributed by atoms with E-state index in [-0.39, 0.29) is 8.80 Å². The van der Waals surface area contributed by atoms with Gasteiger partial charge in [0.1, 0.15) is 0 Å². The molecular weight excluding hydrogens is 376 g/mol. The first-order valence-electron chi connectivity index (χ1n) is 12.8. The summed E-state index contributed by atoms with van der Waals surface area (Å²) in [5, 5.41) is 0. The van der Waals surface area contributed by atoms with E-state index in [1.807, 2.05) is 0 Å². The fraction of sp³-hybridized carbons (Fsp3) is 0.586. The molecule has 1 radical (unpaired) electrons. The van der Waals surface area contributed by atoms with Crippen molar-refractivity contribution in [3.63, 3.8) is 0 Å². The molecule has 4 rings (SSSR count). The van der Waals surface area contributed by atoms with E-state index in [1.165, 1.54) is 87.0 Å². The number of hydrogen-bond acceptors (Lipinski definition) is 0. The number of hydrogen-bond donors (Lipinski definition) is 0. The highest BCUT2D eigenvalue weighted by Crippen LogP contribution is 2.38. The lowest BCUT2D eigenvalue weighted by atomic mass is 9.77. The van der Waals surface area contributed by atoms with E-state index >= 15 is 0 Å². The molecule has 0 N–H and O–H groups in total. The van der Waals surface area contributed by atoms with Crippen LogP contribution >= 0.6 is 0 Å². The van der Waals surface area contributed by atoms with Crippen LogP contribution in [-0.4, -0.2) is 8.80 Å². The second-order valence-corrected chi connectivity index (χ2v) is 13.0. The van der Waals surface area contributed by atoms with E-state index in [1.54, 1.807) is 11.1 Å². The lowest BCUT2D eigenvalue weighted by Gasteiger charge is -2.28. The van der Waals surface area contributed by atoms with Crippen LogP contribution in [0.25, 0.3) is 11.1 Å². The van der Waals surface area contributed by atoms with Gasteiger partial charge in [-0.15, -0.1) is 0 Å². The quantitative estimate of drug-likeness (QED) is 0.394. The van der Waals surface area contributed by atoms with Gasteiger partial charge in [0.15, 0.2) is 0 Å². The zero-order valence-corrected chi connectivity index (χ0v) is 20.3. The minimum atomic E-state index is -0.00851. The third-order valence-electron chi connectivity index (χ3n) is 7.94. The minimum absolute atomic E-state index is 0.00851. The normalized spacial score (nSPS) is 23.5. The number of rotatable bonds is 7. The average Bonchev–Trinajstić information content (AvgIpc) is 2.81. The molecular formula is C29H41Si. The van der Waals surface area contributed by atoms with Gasteiger partial charge in [0.2, 0.25) is 0 Å². The molecule has 30 heavy (non-hydrogen) atoms. The molecule has 1 heterocycles. The third-order valence-corrected chi connectivity index (χ3v) is 11.1. The van der Waals surface area contributed by atoms with Crippen LogP contribution in [0.3, 0.4) is 0 Å². The first-order chi connectivity index (χ1) is 14.8. The van der Waals surface area contributed by atoms with Crippen molar-refractivity contribution in [2.24, 2.45) is 5.92 Å². The molecule has 2 aromatic carbocycles. The lowest BCUT2D eigenvalue weighted by molar-refractivity contribution is 0.308. The van der Waals surface area contributed by atoms with Crippen LogP contribution in [0.1, 0.15) is 94.6 Å². The Morgan fingerprint density at radius 3 is 1.60 bits per heavy atom. The lowest BCUT2D eigenvalue weighted by Crippen LogP contribution is -2.19. The Balaban J connectivity index is 1.33. The zero-order valence-electron chi connectivity index (χ0n) is 19.3. The van der Waals surface area contributed by atoms with E-state index in [0.717, 1.165) is 17.8 Å². The highest BCUT2D eigenvalue weighted by molar-refractivity contribution is 6.59. The van der Waals surface area contributed by atoms with Crippen molar-refractivity contribution in [3.05, 3.63) is 59.7 Å². The topological polar surface area (TPSA) is 0 Å². The standard InChI is InChI=1S/C29H41Si/c1-3-5-23-6-8-24(9-7-23)25-10-12-26(13-11-25)27-14-16-28(17-15-27)29-18-21-30(20-4-2)22-19-29/h10-17,23-24,29H,3-9,18-22H2,1-2H3. The molecule has 0 atom stereocenters. The van der Waals surface area contributed by atoms with Crippen LogP contribution in [0, 0.1) is 5.92 Å². The van der Waals surface area contributed by atoms with E-state index in [2.05, 4.69) is 62.4 Å². The molecule has 2 fully saturated rings. The Hall–Kier alpha value is -1.34. The van der Waals surface area contributed by atoms with Crippen LogP contribution < -0.4 is 0 Å². The van der Waals surface area contributed by atoms with Crippen molar-refractivity contribution in [3.8, 4) is 11.1 Å². The summed E-state index contributed by atoms with van der Waals surface area (Å²) >= 11 is 0. The average molecular weight is 418 g/mol. The van der Waals surface area contributed by atoms with Crippen LogP contribution in [0.4, 0.5) is 0 Å². The molecule has 1 heteroatoms. The molecule has 0 spiro atoms. The molecule has 161 valence electrons. The largest absolute Gasteiger partial charge is 0.0657 e. The van der Waals surface area contributed by atoms with Gasteiger partial charge in [-0.25, -0.2) is 0 Å². The molecule has 1 aliphatic carbocycles. The van der Waals surface area contributed by atoms with Crippen LogP contribution in [-0.2, 0) is 0 Å². The second-order valence-electron chi connectivity index (χ2n) is 10.0. The van der Waals surface area contributed by atoms with Crippen molar-refractivity contribution in [1.82, 2.24) is 0 Å². The van der Waals surface area contributed by atoms with Crippen LogP contribution in [0.15, 0.2) is 48.5 Å². The third kappa shape index (κ3) is 5.47. The number of benzene rings is 2. The van der Waals surface area contributed by atoms with E-state index in [4.69, 9.17) is 0 Å². The fourth-order valence-corrected chi connectivity index (χ4v) is 9.02. The van der Waals surface area contributed by atoms with Gasteiger partial charge < -0.3 is 0 Å². The summed E-state index contributed by atoms with van der Waals surface area (Å²) in [6, 6.07) is 23.7. The molecule has 2 aliphatic rings. The summed E-state index contributed by atoms with van der Waals surface area (Å²) in [6.45, 7) is 4.68. The summed E-state index contributed by atoms with van der Waals surface area (Å²) in [7, 11) is -0.00851. The summed E-state index contributed by atoms with van der Waals surface area (Å²) < 4.78 is 0. The van der Waals surface area contributed by atoms with E-state index in [9.17, 15) is 0 Å². The van der Waals surface area contributed by atoms with Gasteiger partial charge >= 0.3 is 0 Å². The van der Waals surface area contributed by atoms with Crippen molar-refractivity contribution < 1.29 is 0 Å². The van der Waals surface area contributed by atoms with Gasteiger partial charge in [-0.2, -0.15) is 0 Å². The summed E-state index contributed by atoms with van der Waals surface area (Å²) in [4.78, 5) is 0. The molecule has 1 aliphatic heterocycles. The Kier molecular flexibility index (Phi) is 7.87. The molecule has 0 nitrogen and oxygen atoms in total. The van der Waals surface area contributed by atoms with Gasteiger partial charge in [-0.05, 0) is 78.5 Å². The van der Waals surface area contributed by atoms with Gasteiger partial charge in [0, 0.05) is 8.80 Å². The first-order valence-corrected chi connectivity index (χ1v) is 14.9. The maximum absolute atomic E-state index is 2.42. The Morgan fingerprint density at radius 2 is 1.13 bits per heavy atom. The fourth-order valence-electron chi connectivity index (χ4n) is 6.05. The molecule has 2 aromatic rings. The minimum Gasteiger partial charge on any atom is -0.0657 e. The van der Waals surface area contributed by atoms with Crippen LogP contribution in [0.5, 0.6) is 0 Å². The molecule has 0 amide bonds. The predicted octanol–water partition coefficient (Wildman–Crippen LogP) is 9.21. The van der Waals surface area contributed by atoms with E-state index < -0.39 is 0 Å². The Labute approximate surface area is 187 Å².